The van der Waals surface area contributed by atoms with E-state index in [0.717, 1.165) is 33.6 Å². The van der Waals surface area contributed by atoms with Gasteiger partial charge in [-0.2, -0.15) is 0 Å². The van der Waals surface area contributed by atoms with Gasteiger partial charge in [0.2, 0.25) is 5.78 Å². The van der Waals surface area contributed by atoms with Crippen molar-refractivity contribution in [1.82, 2.24) is 0 Å². The Balaban J connectivity index is 1.51. The van der Waals surface area contributed by atoms with Crippen LogP contribution in [-0.2, 0) is 0 Å². The van der Waals surface area contributed by atoms with Crippen LogP contribution in [0.15, 0.2) is 106 Å². The third kappa shape index (κ3) is 4.97. The summed E-state index contributed by atoms with van der Waals surface area (Å²) < 4.78 is 6.09. The van der Waals surface area contributed by atoms with Crippen molar-refractivity contribution < 1.29 is 9.21 Å². The van der Waals surface area contributed by atoms with Crippen LogP contribution in [0, 0.1) is 20.8 Å². The molecule has 6 rings (SSSR count). The van der Waals surface area contributed by atoms with Gasteiger partial charge in [0.25, 0.3) is 0 Å². The lowest BCUT2D eigenvalue weighted by Crippen LogP contribution is -2.21. The molecular formula is C33H26ClN3O2. The molecule has 0 aliphatic heterocycles. The highest BCUT2D eigenvalue weighted by Gasteiger charge is 2.31. The Kier molecular flexibility index (Phi) is 6.29. The summed E-state index contributed by atoms with van der Waals surface area (Å²) in [5.41, 5.74) is 9.09. The summed E-state index contributed by atoms with van der Waals surface area (Å²) >= 11 is 6.65. The van der Waals surface area contributed by atoms with E-state index in [4.69, 9.17) is 21.0 Å². The number of halogens is 1. The summed E-state index contributed by atoms with van der Waals surface area (Å²) in [4.78, 5) is 18.4. The standard InChI is InChI=1S/C33H26ClN3O2/c1-19-4-10-22(11-5-19)35-27-16-25-30(17-26(27)34)39-33-29(38)18-28(36-23-12-6-20(2)7-13-23)32(31(25)33)37-24-14-8-21(3)9-15-24/h4-18,35-36H,1-3H3. The van der Waals surface area contributed by atoms with E-state index < -0.39 is 0 Å². The van der Waals surface area contributed by atoms with Crippen molar-refractivity contribution >= 4 is 56.8 Å². The second-order valence-electron chi connectivity index (χ2n) is 9.83. The first kappa shape index (κ1) is 24.7. The third-order valence-electron chi connectivity index (χ3n) is 6.70. The molecule has 1 aliphatic rings. The number of aryl methyl sites for hydroxylation is 3. The molecule has 1 heterocycles. The lowest BCUT2D eigenvalue weighted by Gasteiger charge is -2.18. The van der Waals surface area contributed by atoms with Crippen molar-refractivity contribution in [3.05, 3.63) is 130 Å². The van der Waals surface area contributed by atoms with Crippen LogP contribution in [-0.4, -0.2) is 11.5 Å². The number of aliphatic imine (C=N–C) groups is 1. The third-order valence-corrected chi connectivity index (χ3v) is 7.02. The van der Waals surface area contributed by atoms with Gasteiger partial charge in [-0.05, 0) is 63.2 Å². The second kappa shape index (κ2) is 9.93. The fraction of sp³-hybridized carbons (Fsp3) is 0.0909. The van der Waals surface area contributed by atoms with E-state index in [1.807, 2.05) is 99.6 Å². The molecule has 1 aromatic heterocycles. The molecule has 0 bridgehead atoms. The molecule has 0 atom stereocenters. The summed E-state index contributed by atoms with van der Waals surface area (Å²) in [5, 5.41) is 8.05. The average Bonchev–Trinajstić information content (AvgIpc) is 3.29. The number of rotatable bonds is 5. The van der Waals surface area contributed by atoms with Gasteiger partial charge in [0.15, 0.2) is 5.76 Å². The van der Waals surface area contributed by atoms with Gasteiger partial charge >= 0.3 is 0 Å². The van der Waals surface area contributed by atoms with Crippen LogP contribution in [0.5, 0.6) is 0 Å². The first-order valence-corrected chi connectivity index (χ1v) is 13.1. The van der Waals surface area contributed by atoms with Gasteiger partial charge in [-0.1, -0.05) is 64.7 Å². The minimum absolute atomic E-state index is 0.233. The number of hydrogen-bond donors (Lipinski definition) is 2. The lowest BCUT2D eigenvalue weighted by molar-refractivity contribution is 0.102. The number of nitrogens with one attached hydrogen (secondary N) is 2. The van der Waals surface area contributed by atoms with Crippen molar-refractivity contribution in [1.29, 1.82) is 0 Å². The smallest absolute Gasteiger partial charge is 0.223 e. The van der Waals surface area contributed by atoms with Gasteiger partial charge in [-0.3, -0.25) is 4.79 Å². The molecule has 192 valence electrons. The molecule has 2 N–H and O–H groups in total. The van der Waals surface area contributed by atoms with Gasteiger partial charge in [0.1, 0.15) is 5.58 Å². The number of fused-ring (bicyclic) bond motifs is 3. The first-order valence-electron chi connectivity index (χ1n) is 12.7. The van der Waals surface area contributed by atoms with Crippen LogP contribution in [0.1, 0.15) is 32.8 Å². The van der Waals surface area contributed by atoms with Crippen LogP contribution in [0.25, 0.3) is 11.0 Å². The number of nitrogens with zero attached hydrogens (tertiary/aromatic N) is 1. The van der Waals surface area contributed by atoms with Crippen molar-refractivity contribution in [2.45, 2.75) is 20.8 Å². The SMILES string of the molecule is Cc1ccc(N=C2C(Nc3ccc(C)cc3)=CC(=O)c3oc4cc(Cl)c(Nc5ccc(C)cc5)cc4c32)cc1. The van der Waals surface area contributed by atoms with Gasteiger partial charge in [0, 0.05) is 28.9 Å². The van der Waals surface area contributed by atoms with Crippen LogP contribution < -0.4 is 10.6 Å². The summed E-state index contributed by atoms with van der Waals surface area (Å²) in [6.45, 7) is 6.12. The van der Waals surface area contributed by atoms with Gasteiger partial charge in [-0.25, -0.2) is 4.99 Å². The van der Waals surface area contributed by atoms with E-state index in [9.17, 15) is 4.79 Å². The quantitative estimate of drug-likeness (QED) is 0.237. The summed E-state index contributed by atoms with van der Waals surface area (Å²) in [5.74, 6) is 0.0108. The molecule has 5 nitrogen and oxygen atoms in total. The fourth-order valence-corrected chi connectivity index (χ4v) is 4.77. The van der Waals surface area contributed by atoms with E-state index in [1.54, 1.807) is 12.1 Å². The van der Waals surface area contributed by atoms with E-state index in [0.29, 0.717) is 33.3 Å². The Morgan fingerprint density at radius 1 is 0.744 bits per heavy atom. The van der Waals surface area contributed by atoms with E-state index in [-0.39, 0.29) is 11.5 Å². The predicted octanol–water partition coefficient (Wildman–Crippen LogP) is 9.07. The minimum Gasteiger partial charge on any atom is -0.452 e. The highest BCUT2D eigenvalue weighted by atomic mass is 35.5. The zero-order valence-corrected chi connectivity index (χ0v) is 22.6. The number of ketones is 1. The average molecular weight is 532 g/mol. The maximum absolute atomic E-state index is 13.3. The largest absolute Gasteiger partial charge is 0.452 e. The Hall–Kier alpha value is -4.61. The van der Waals surface area contributed by atoms with Crippen LogP contribution in [0.3, 0.4) is 0 Å². The number of allylic oxidation sites excluding steroid dienone is 2. The molecule has 6 heteroatoms. The molecule has 0 saturated heterocycles. The van der Waals surface area contributed by atoms with Gasteiger partial charge in [-0.15, -0.1) is 0 Å². The number of carbonyl (C=O) groups excluding carboxylic acids is 1. The molecule has 1 aliphatic carbocycles. The highest BCUT2D eigenvalue weighted by Crippen LogP contribution is 2.39. The number of anilines is 3. The van der Waals surface area contributed by atoms with Gasteiger partial charge in [0.05, 0.1) is 33.4 Å². The van der Waals surface area contributed by atoms with E-state index >= 15 is 0 Å². The Labute approximate surface area is 231 Å². The summed E-state index contributed by atoms with van der Waals surface area (Å²) in [6, 6.07) is 27.7. The second-order valence-corrected chi connectivity index (χ2v) is 10.2. The molecule has 0 radical (unpaired) electrons. The summed E-state index contributed by atoms with van der Waals surface area (Å²) in [6.07, 6.45) is 1.55. The monoisotopic (exact) mass is 531 g/mol. The number of benzene rings is 4. The highest BCUT2D eigenvalue weighted by molar-refractivity contribution is 6.35. The normalized spacial score (nSPS) is 13.9. The van der Waals surface area contributed by atoms with Crippen molar-refractivity contribution in [3.8, 4) is 0 Å². The molecule has 0 amide bonds. The van der Waals surface area contributed by atoms with Crippen LogP contribution in [0.2, 0.25) is 5.02 Å². The molecule has 0 unspecified atom stereocenters. The lowest BCUT2D eigenvalue weighted by atomic mass is 9.95. The molecule has 0 fully saturated rings. The Bertz CT molecular complexity index is 1780. The van der Waals surface area contributed by atoms with Crippen LogP contribution in [0.4, 0.5) is 22.7 Å². The van der Waals surface area contributed by atoms with Crippen LogP contribution >= 0.6 is 11.6 Å². The number of carbonyl (C=O) groups is 1. The fourth-order valence-electron chi connectivity index (χ4n) is 4.57. The minimum atomic E-state index is -0.233. The molecule has 4 aromatic carbocycles. The predicted molar refractivity (Wildman–Crippen MR) is 160 cm³/mol. The molecule has 0 spiro atoms. The Morgan fingerprint density at radius 2 is 1.31 bits per heavy atom. The zero-order valence-electron chi connectivity index (χ0n) is 21.8. The summed E-state index contributed by atoms with van der Waals surface area (Å²) in [7, 11) is 0. The molecular weight excluding hydrogens is 506 g/mol. The molecule has 5 aromatic rings. The maximum atomic E-state index is 13.3. The van der Waals surface area contributed by atoms with Crippen molar-refractivity contribution in [2.75, 3.05) is 10.6 Å². The number of hydrogen-bond acceptors (Lipinski definition) is 5. The van der Waals surface area contributed by atoms with Gasteiger partial charge < -0.3 is 15.1 Å². The molecule has 0 saturated carbocycles. The first-order chi connectivity index (χ1) is 18.8. The van der Waals surface area contributed by atoms with Crippen molar-refractivity contribution in [3.63, 3.8) is 0 Å². The maximum Gasteiger partial charge on any atom is 0.223 e. The topological polar surface area (TPSA) is 66.6 Å². The zero-order chi connectivity index (χ0) is 27.1. The Morgan fingerprint density at radius 3 is 1.92 bits per heavy atom. The molecule has 39 heavy (non-hydrogen) atoms. The van der Waals surface area contributed by atoms with E-state index in [1.165, 1.54) is 5.56 Å². The number of furan rings is 1. The van der Waals surface area contributed by atoms with Crippen molar-refractivity contribution in [2.24, 2.45) is 4.99 Å². The van der Waals surface area contributed by atoms with E-state index in [2.05, 4.69) is 10.6 Å².